The molecule has 0 fully saturated rings. The number of H-pyrrole nitrogens is 1. The van der Waals surface area contributed by atoms with Crippen molar-refractivity contribution in [2.24, 2.45) is 0 Å². The Kier molecular flexibility index (Phi) is 4.22. The molecule has 27 heavy (non-hydrogen) atoms. The van der Waals surface area contributed by atoms with Crippen LogP contribution in [0, 0.1) is 13.8 Å². The average molecular weight is 363 g/mol. The number of rotatable bonds is 4. The number of fused-ring (bicyclic) bond motifs is 4. The van der Waals surface area contributed by atoms with Crippen molar-refractivity contribution in [3.05, 3.63) is 47.8 Å². The molecule has 1 N–H and O–H groups in total. The van der Waals surface area contributed by atoms with Crippen molar-refractivity contribution in [3.8, 4) is 5.75 Å². The van der Waals surface area contributed by atoms with Gasteiger partial charge in [0.15, 0.2) is 12.4 Å². The van der Waals surface area contributed by atoms with Gasteiger partial charge in [0.05, 0.1) is 12.6 Å². The number of carbonyl (C=O) groups excluding carboxylic acids is 1. The smallest absolute Gasteiger partial charge is 0.310 e. The molecular weight excluding hydrogens is 340 g/mol. The third kappa shape index (κ3) is 2.79. The highest BCUT2D eigenvalue weighted by Gasteiger charge is 2.17. The molecule has 4 rings (SSSR count). The number of aryl methyl sites for hydroxylation is 2. The number of nitrogens with zero attached hydrogens (tertiary/aromatic N) is 1. The van der Waals surface area contributed by atoms with Gasteiger partial charge in [0.25, 0.3) is 6.73 Å². The van der Waals surface area contributed by atoms with E-state index in [9.17, 15) is 4.79 Å². The Morgan fingerprint density at radius 1 is 1.11 bits per heavy atom. The first kappa shape index (κ1) is 17.3. The summed E-state index contributed by atoms with van der Waals surface area (Å²) in [5.74, 6) is 0.643. The quantitative estimate of drug-likeness (QED) is 0.434. The number of pyridine rings is 1. The number of esters is 1. The van der Waals surface area contributed by atoms with E-state index in [2.05, 4.69) is 43.2 Å². The van der Waals surface area contributed by atoms with Crippen molar-refractivity contribution >= 4 is 38.5 Å². The highest BCUT2D eigenvalue weighted by atomic mass is 16.5. The third-order valence-corrected chi connectivity index (χ3v) is 5.24. The topological polar surface area (TPSA) is 55.2 Å². The zero-order chi connectivity index (χ0) is 19.1. The summed E-state index contributed by atoms with van der Waals surface area (Å²) in [6.45, 7) is 6.29. The third-order valence-electron chi connectivity index (χ3n) is 5.24. The minimum atomic E-state index is -0.199. The Morgan fingerprint density at radius 2 is 1.93 bits per heavy atom. The van der Waals surface area contributed by atoms with Gasteiger partial charge in [-0.25, -0.2) is 0 Å². The Hall–Kier alpha value is -3.08. The second-order valence-electron chi connectivity index (χ2n) is 6.82. The van der Waals surface area contributed by atoms with Gasteiger partial charge >= 0.3 is 5.97 Å². The monoisotopic (exact) mass is 363 g/mol. The lowest BCUT2D eigenvalue weighted by atomic mass is 9.97. The van der Waals surface area contributed by atoms with E-state index in [1.165, 1.54) is 21.9 Å². The van der Waals surface area contributed by atoms with Crippen LogP contribution >= 0.6 is 0 Å². The molecule has 2 aromatic carbocycles. The maximum atomic E-state index is 11.5. The lowest BCUT2D eigenvalue weighted by Gasteiger charge is -2.09. The molecule has 0 spiro atoms. The van der Waals surface area contributed by atoms with Gasteiger partial charge < -0.3 is 14.5 Å². The van der Waals surface area contributed by atoms with Crippen LogP contribution in [0.15, 0.2) is 36.7 Å². The number of hydrogen-bond acceptors (Lipinski definition) is 3. The minimum absolute atomic E-state index is 0.199. The molecular formula is C22H23N2O3+. The van der Waals surface area contributed by atoms with E-state index in [0.29, 0.717) is 6.42 Å². The van der Waals surface area contributed by atoms with Gasteiger partial charge in [-0.15, -0.1) is 0 Å². The van der Waals surface area contributed by atoms with Gasteiger partial charge in [0.1, 0.15) is 5.75 Å². The van der Waals surface area contributed by atoms with Gasteiger partial charge in [0.2, 0.25) is 0 Å². The van der Waals surface area contributed by atoms with Crippen LogP contribution in [0.5, 0.6) is 5.75 Å². The van der Waals surface area contributed by atoms with Crippen molar-refractivity contribution in [2.45, 2.75) is 33.9 Å². The summed E-state index contributed by atoms with van der Waals surface area (Å²) < 4.78 is 12.6. The predicted octanol–water partition coefficient (Wildman–Crippen LogP) is 4.30. The summed E-state index contributed by atoms with van der Waals surface area (Å²) in [7, 11) is 1.68. The number of nitrogens with one attached hydrogen (secondary N) is 1. The molecule has 0 atom stereocenters. The Morgan fingerprint density at radius 3 is 2.67 bits per heavy atom. The van der Waals surface area contributed by atoms with Crippen LogP contribution in [0.25, 0.3) is 32.6 Å². The first-order valence-corrected chi connectivity index (χ1v) is 9.10. The molecule has 0 amide bonds. The fraction of sp³-hybridized carbons (Fsp3) is 0.273. The van der Waals surface area contributed by atoms with E-state index >= 15 is 0 Å². The van der Waals surface area contributed by atoms with Crippen LogP contribution in [0.1, 0.15) is 24.5 Å². The summed E-state index contributed by atoms with van der Waals surface area (Å²) in [6.07, 6.45) is 4.39. The van der Waals surface area contributed by atoms with Crippen molar-refractivity contribution in [2.75, 3.05) is 7.11 Å². The number of ether oxygens (including phenoxy) is 2. The zero-order valence-corrected chi connectivity index (χ0v) is 16.1. The maximum absolute atomic E-state index is 11.5. The first-order valence-electron chi connectivity index (χ1n) is 9.10. The molecule has 0 bridgehead atoms. The lowest BCUT2D eigenvalue weighted by molar-refractivity contribution is -0.726. The van der Waals surface area contributed by atoms with Crippen molar-refractivity contribution in [3.63, 3.8) is 0 Å². The highest BCUT2D eigenvalue weighted by molar-refractivity contribution is 6.16. The first-order chi connectivity index (χ1) is 13.0. The Bertz CT molecular complexity index is 1190. The Labute approximate surface area is 157 Å². The molecule has 0 saturated heterocycles. The van der Waals surface area contributed by atoms with E-state index in [-0.39, 0.29) is 12.7 Å². The van der Waals surface area contributed by atoms with Gasteiger partial charge in [-0.05, 0) is 48.6 Å². The fourth-order valence-corrected chi connectivity index (χ4v) is 3.73. The lowest BCUT2D eigenvalue weighted by Crippen LogP contribution is -2.35. The van der Waals surface area contributed by atoms with Gasteiger partial charge in [-0.2, -0.15) is 4.57 Å². The summed E-state index contributed by atoms with van der Waals surface area (Å²) in [5.41, 5.74) is 4.65. The molecule has 0 unspecified atom stereocenters. The molecule has 2 aromatic heterocycles. The van der Waals surface area contributed by atoms with E-state index in [1.54, 1.807) is 14.0 Å². The molecule has 5 nitrogen and oxygen atoms in total. The van der Waals surface area contributed by atoms with E-state index in [4.69, 9.17) is 9.47 Å². The van der Waals surface area contributed by atoms with Crippen molar-refractivity contribution < 1.29 is 18.8 Å². The van der Waals surface area contributed by atoms with Crippen molar-refractivity contribution in [1.82, 2.24) is 4.98 Å². The molecule has 138 valence electrons. The molecule has 0 radical (unpaired) electrons. The van der Waals surface area contributed by atoms with E-state index in [1.807, 2.05) is 16.8 Å². The Balaban J connectivity index is 1.95. The summed E-state index contributed by atoms with van der Waals surface area (Å²) in [4.78, 5) is 15.0. The number of aromatic amines is 1. The molecule has 4 aromatic rings. The summed E-state index contributed by atoms with van der Waals surface area (Å²) in [6, 6.07) is 8.19. The van der Waals surface area contributed by atoms with Crippen molar-refractivity contribution in [1.29, 1.82) is 0 Å². The van der Waals surface area contributed by atoms with Gasteiger partial charge in [-0.1, -0.05) is 6.92 Å². The van der Waals surface area contributed by atoms with Crippen LogP contribution in [-0.2, 0) is 16.3 Å². The van der Waals surface area contributed by atoms with Crippen LogP contribution in [-0.4, -0.2) is 18.1 Å². The number of hydrogen-bond donors (Lipinski definition) is 1. The molecule has 0 aliphatic rings. The van der Waals surface area contributed by atoms with E-state index < -0.39 is 0 Å². The number of methoxy groups -OCH3 is 1. The number of carbonyl (C=O) groups is 1. The molecule has 0 aliphatic carbocycles. The van der Waals surface area contributed by atoms with Gasteiger partial charge in [0, 0.05) is 34.2 Å². The average Bonchev–Trinajstić information content (AvgIpc) is 3.09. The number of aromatic nitrogens is 2. The summed E-state index contributed by atoms with van der Waals surface area (Å²) in [5, 5.41) is 4.70. The largest absolute Gasteiger partial charge is 0.497 e. The van der Waals surface area contributed by atoms with Gasteiger partial charge in [-0.3, -0.25) is 4.79 Å². The molecule has 0 aliphatic heterocycles. The molecule has 0 saturated carbocycles. The predicted molar refractivity (Wildman–Crippen MR) is 106 cm³/mol. The second kappa shape index (κ2) is 6.58. The number of benzene rings is 2. The molecule has 5 heteroatoms. The van der Waals surface area contributed by atoms with Crippen LogP contribution < -0.4 is 9.30 Å². The highest BCUT2D eigenvalue weighted by Crippen LogP contribution is 2.37. The van der Waals surface area contributed by atoms with Crippen LogP contribution in [0.3, 0.4) is 0 Å². The van der Waals surface area contributed by atoms with Crippen LogP contribution in [0.2, 0.25) is 0 Å². The standard InChI is InChI=1S/C22H22N2O3/c1-5-20(25)27-12-24-9-8-16-14(3)22-21(13(2)18(16)11-24)17-10-15(26-4)6-7-19(17)23-22/h6-11H,5,12H2,1-4H3/p+1. The maximum Gasteiger partial charge on any atom is 0.310 e. The second-order valence-corrected chi connectivity index (χ2v) is 6.82. The SMILES string of the molecule is CCC(=O)OC[n+]1ccc2c(C)c3[nH]c4ccc(OC)cc4c3c(C)c2c1. The van der Waals surface area contributed by atoms with Crippen LogP contribution in [0.4, 0.5) is 0 Å². The zero-order valence-electron chi connectivity index (χ0n) is 16.1. The van der Waals surface area contributed by atoms with E-state index in [0.717, 1.165) is 27.6 Å². The molecule has 2 heterocycles. The minimum Gasteiger partial charge on any atom is -0.497 e. The normalized spacial score (nSPS) is 11.4. The summed E-state index contributed by atoms with van der Waals surface area (Å²) >= 11 is 0. The fourth-order valence-electron chi connectivity index (χ4n) is 3.73.